The fourth-order valence-corrected chi connectivity index (χ4v) is 1.98. The minimum absolute atomic E-state index is 0.0748. The molecule has 6 heteroatoms. The van der Waals surface area contributed by atoms with Gasteiger partial charge in [0.1, 0.15) is 18.2 Å². The van der Waals surface area contributed by atoms with E-state index in [0.29, 0.717) is 11.3 Å². The van der Waals surface area contributed by atoms with E-state index < -0.39 is 11.8 Å². The summed E-state index contributed by atoms with van der Waals surface area (Å²) in [4.78, 5) is 12.0. The number of nitrogen functional groups attached to an aromatic ring is 1. The maximum Gasteiger partial charge on any atom is 0.340 e. The minimum atomic E-state index is -0.605. The van der Waals surface area contributed by atoms with Crippen molar-refractivity contribution in [3.05, 3.63) is 58.4 Å². The molecule has 0 saturated heterocycles. The third-order valence-corrected chi connectivity index (χ3v) is 3.23. The van der Waals surface area contributed by atoms with Gasteiger partial charge in [-0.3, -0.25) is 0 Å². The summed E-state index contributed by atoms with van der Waals surface area (Å²) in [5.41, 5.74) is 6.72. The zero-order valence-corrected chi connectivity index (χ0v) is 12.0. The Kier molecular flexibility index (Phi) is 4.65. The summed E-state index contributed by atoms with van der Waals surface area (Å²) in [6.45, 7) is -0.0748. The summed E-state index contributed by atoms with van der Waals surface area (Å²) in [6, 6.07) is 8.67. The van der Waals surface area contributed by atoms with E-state index in [-0.39, 0.29) is 22.9 Å². The summed E-state index contributed by atoms with van der Waals surface area (Å²) < 4.78 is 23.1. The smallest absolute Gasteiger partial charge is 0.340 e. The van der Waals surface area contributed by atoms with Crippen molar-refractivity contribution in [3.8, 4) is 5.75 Å². The Labute approximate surface area is 126 Å². The van der Waals surface area contributed by atoms with E-state index in [1.165, 1.54) is 25.3 Å². The molecule has 4 nitrogen and oxygen atoms in total. The molecular weight excluding hydrogens is 297 g/mol. The van der Waals surface area contributed by atoms with Crippen LogP contribution in [-0.4, -0.2) is 13.1 Å². The molecule has 21 heavy (non-hydrogen) atoms. The summed E-state index contributed by atoms with van der Waals surface area (Å²) in [5.74, 6) is -0.664. The predicted octanol–water partition coefficient (Wildman–Crippen LogP) is 3.43. The molecule has 2 N–H and O–H groups in total. The molecule has 0 heterocycles. The molecule has 0 aliphatic heterocycles. The van der Waals surface area contributed by atoms with Gasteiger partial charge in [0.25, 0.3) is 0 Å². The number of para-hydroxylation sites is 1. The molecular formula is C15H13ClFNO3. The van der Waals surface area contributed by atoms with Crippen LogP contribution in [0.3, 0.4) is 0 Å². The van der Waals surface area contributed by atoms with Gasteiger partial charge in [-0.15, -0.1) is 0 Å². The van der Waals surface area contributed by atoms with Gasteiger partial charge in [0, 0.05) is 5.56 Å². The van der Waals surface area contributed by atoms with E-state index >= 15 is 0 Å². The van der Waals surface area contributed by atoms with Crippen molar-refractivity contribution >= 4 is 23.3 Å². The van der Waals surface area contributed by atoms with E-state index in [1.807, 2.05) is 0 Å². The summed E-state index contributed by atoms with van der Waals surface area (Å²) >= 11 is 5.86. The summed E-state index contributed by atoms with van der Waals surface area (Å²) in [5, 5.41) is 0.196. The van der Waals surface area contributed by atoms with Gasteiger partial charge in [0.15, 0.2) is 0 Å². The third-order valence-electron chi connectivity index (χ3n) is 2.88. The normalized spacial score (nSPS) is 10.2. The zero-order chi connectivity index (χ0) is 15.4. The van der Waals surface area contributed by atoms with Gasteiger partial charge in [-0.25, -0.2) is 9.18 Å². The number of methoxy groups -OCH3 is 1. The molecule has 110 valence electrons. The van der Waals surface area contributed by atoms with Crippen LogP contribution in [0.4, 0.5) is 10.1 Å². The van der Waals surface area contributed by atoms with Crippen LogP contribution in [0, 0.1) is 5.82 Å². The highest BCUT2D eigenvalue weighted by molar-refractivity contribution is 6.31. The largest absolute Gasteiger partial charge is 0.495 e. The number of halogens is 2. The molecule has 2 rings (SSSR count). The molecule has 2 aromatic carbocycles. The SMILES string of the molecule is COc1cccc(C(=O)OCc2ccc(F)cc2Cl)c1N. The highest BCUT2D eigenvalue weighted by Crippen LogP contribution is 2.26. The van der Waals surface area contributed by atoms with Crippen molar-refractivity contribution in [3.63, 3.8) is 0 Å². The Morgan fingerprint density at radius 3 is 2.76 bits per heavy atom. The average Bonchev–Trinajstić information content (AvgIpc) is 2.46. The quantitative estimate of drug-likeness (QED) is 0.694. The van der Waals surface area contributed by atoms with Crippen molar-refractivity contribution < 1.29 is 18.7 Å². The molecule has 0 aliphatic carbocycles. The molecule has 0 bridgehead atoms. The minimum Gasteiger partial charge on any atom is -0.495 e. The predicted molar refractivity (Wildman–Crippen MR) is 77.9 cm³/mol. The first-order chi connectivity index (χ1) is 10.0. The van der Waals surface area contributed by atoms with Crippen LogP contribution in [-0.2, 0) is 11.3 Å². The maximum atomic E-state index is 12.9. The lowest BCUT2D eigenvalue weighted by molar-refractivity contribution is 0.0474. The van der Waals surface area contributed by atoms with Crippen molar-refractivity contribution in [2.75, 3.05) is 12.8 Å². The van der Waals surface area contributed by atoms with E-state index in [1.54, 1.807) is 12.1 Å². The number of hydrogen-bond donors (Lipinski definition) is 1. The Balaban J connectivity index is 2.12. The number of rotatable bonds is 4. The Hall–Kier alpha value is -2.27. The molecule has 0 atom stereocenters. The van der Waals surface area contributed by atoms with Crippen LogP contribution in [0.15, 0.2) is 36.4 Å². The van der Waals surface area contributed by atoms with Gasteiger partial charge >= 0.3 is 5.97 Å². The zero-order valence-electron chi connectivity index (χ0n) is 11.2. The van der Waals surface area contributed by atoms with Crippen LogP contribution in [0.1, 0.15) is 15.9 Å². The van der Waals surface area contributed by atoms with Crippen LogP contribution in [0.2, 0.25) is 5.02 Å². The van der Waals surface area contributed by atoms with Crippen LogP contribution in [0.25, 0.3) is 0 Å². The Morgan fingerprint density at radius 2 is 2.10 bits per heavy atom. The Morgan fingerprint density at radius 1 is 1.33 bits per heavy atom. The first kappa shape index (κ1) is 15.1. The number of anilines is 1. The molecule has 0 unspecified atom stereocenters. The van der Waals surface area contributed by atoms with Gasteiger partial charge in [-0.05, 0) is 24.3 Å². The first-order valence-corrected chi connectivity index (χ1v) is 6.44. The highest BCUT2D eigenvalue weighted by Gasteiger charge is 2.15. The third kappa shape index (κ3) is 3.44. The number of ether oxygens (including phenoxy) is 2. The first-order valence-electron chi connectivity index (χ1n) is 6.06. The lowest BCUT2D eigenvalue weighted by Crippen LogP contribution is -2.09. The van der Waals surface area contributed by atoms with Crippen LogP contribution in [0.5, 0.6) is 5.75 Å². The Bertz CT molecular complexity index is 676. The monoisotopic (exact) mass is 309 g/mol. The van der Waals surface area contributed by atoms with E-state index in [2.05, 4.69) is 0 Å². The summed E-state index contributed by atoms with van der Waals surface area (Å²) in [6.07, 6.45) is 0. The van der Waals surface area contributed by atoms with Crippen molar-refractivity contribution in [1.29, 1.82) is 0 Å². The topological polar surface area (TPSA) is 61.5 Å². The fraction of sp³-hybridized carbons (Fsp3) is 0.133. The molecule has 0 spiro atoms. The molecule has 0 saturated carbocycles. The van der Waals surface area contributed by atoms with Gasteiger partial charge in [-0.2, -0.15) is 0 Å². The molecule has 0 fully saturated rings. The molecule has 0 radical (unpaired) electrons. The average molecular weight is 310 g/mol. The van der Waals surface area contributed by atoms with Crippen molar-refractivity contribution in [1.82, 2.24) is 0 Å². The standard InChI is InChI=1S/C15H13ClFNO3/c1-20-13-4-2-3-11(14(13)18)15(19)21-8-9-5-6-10(17)7-12(9)16/h2-7H,8,18H2,1H3. The van der Waals surface area contributed by atoms with Gasteiger partial charge in [0.05, 0.1) is 23.4 Å². The lowest BCUT2D eigenvalue weighted by Gasteiger charge is -2.10. The highest BCUT2D eigenvalue weighted by atomic mass is 35.5. The van der Waals surface area contributed by atoms with Crippen molar-refractivity contribution in [2.45, 2.75) is 6.61 Å². The fourth-order valence-electron chi connectivity index (χ4n) is 1.76. The van der Waals surface area contributed by atoms with E-state index in [4.69, 9.17) is 26.8 Å². The second-order valence-corrected chi connectivity index (χ2v) is 4.64. The summed E-state index contributed by atoms with van der Waals surface area (Å²) in [7, 11) is 1.46. The maximum absolute atomic E-state index is 12.9. The second-order valence-electron chi connectivity index (χ2n) is 4.23. The van der Waals surface area contributed by atoms with E-state index in [9.17, 15) is 9.18 Å². The number of carbonyl (C=O) groups excluding carboxylic acids is 1. The lowest BCUT2D eigenvalue weighted by atomic mass is 10.1. The van der Waals surface area contributed by atoms with E-state index in [0.717, 1.165) is 6.07 Å². The molecule has 0 aromatic heterocycles. The van der Waals surface area contributed by atoms with Gasteiger partial charge < -0.3 is 15.2 Å². The van der Waals surface area contributed by atoms with Crippen molar-refractivity contribution in [2.24, 2.45) is 0 Å². The molecule has 0 amide bonds. The second kappa shape index (κ2) is 6.45. The molecule has 0 aliphatic rings. The number of esters is 1. The van der Waals surface area contributed by atoms with Gasteiger partial charge in [0.2, 0.25) is 0 Å². The van der Waals surface area contributed by atoms with Crippen LogP contribution < -0.4 is 10.5 Å². The van der Waals surface area contributed by atoms with Gasteiger partial charge in [-0.1, -0.05) is 23.7 Å². The number of nitrogens with two attached hydrogens (primary N) is 1. The number of carbonyl (C=O) groups is 1. The number of hydrogen-bond acceptors (Lipinski definition) is 4. The molecule has 2 aromatic rings. The van der Waals surface area contributed by atoms with Crippen LogP contribution >= 0.6 is 11.6 Å². The number of benzene rings is 2.